The fourth-order valence-electron chi connectivity index (χ4n) is 4.04. The van der Waals surface area contributed by atoms with Gasteiger partial charge in [-0.2, -0.15) is 0 Å². The van der Waals surface area contributed by atoms with Crippen LogP contribution in [0.2, 0.25) is 0 Å². The minimum absolute atomic E-state index is 0.0864. The van der Waals surface area contributed by atoms with Crippen LogP contribution in [0.3, 0.4) is 0 Å². The van der Waals surface area contributed by atoms with Crippen LogP contribution in [0.5, 0.6) is 0 Å². The molecule has 1 aromatic carbocycles. The van der Waals surface area contributed by atoms with Crippen molar-refractivity contribution in [2.24, 2.45) is 5.92 Å². The highest BCUT2D eigenvalue weighted by atomic mass is 16.1. The highest BCUT2D eigenvalue weighted by Gasteiger charge is 2.27. The molecule has 1 aliphatic carbocycles. The maximum atomic E-state index is 12.5. The van der Waals surface area contributed by atoms with Gasteiger partial charge in [0.05, 0.1) is 0 Å². The Labute approximate surface area is 156 Å². The lowest BCUT2D eigenvalue weighted by molar-refractivity contribution is 0.0923. The first-order valence-corrected chi connectivity index (χ1v) is 10.0. The minimum Gasteiger partial charge on any atom is -0.350 e. The highest BCUT2D eigenvalue weighted by Crippen LogP contribution is 2.36. The molecule has 0 radical (unpaired) electrons. The molecule has 1 atom stereocenters. The van der Waals surface area contributed by atoms with Crippen molar-refractivity contribution in [2.45, 2.75) is 38.1 Å². The summed E-state index contributed by atoms with van der Waals surface area (Å²) < 4.78 is 2.14. The van der Waals surface area contributed by atoms with E-state index in [0.717, 1.165) is 31.7 Å². The Morgan fingerprint density at radius 2 is 1.92 bits per heavy atom. The van der Waals surface area contributed by atoms with Gasteiger partial charge in [-0.15, -0.1) is 0 Å². The lowest BCUT2D eigenvalue weighted by atomic mass is 9.97. The maximum Gasteiger partial charge on any atom is 0.267 e. The van der Waals surface area contributed by atoms with Gasteiger partial charge < -0.3 is 14.8 Å². The summed E-state index contributed by atoms with van der Waals surface area (Å²) >= 11 is 0. The van der Waals surface area contributed by atoms with Crippen molar-refractivity contribution < 1.29 is 4.79 Å². The molecule has 0 spiro atoms. The molecule has 1 saturated heterocycles. The molecule has 4 nitrogen and oxygen atoms in total. The smallest absolute Gasteiger partial charge is 0.267 e. The average molecular weight is 351 g/mol. The van der Waals surface area contributed by atoms with E-state index >= 15 is 0 Å². The molecule has 2 heterocycles. The molecule has 2 fully saturated rings. The molecule has 26 heavy (non-hydrogen) atoms. The number of likely N-dealkylation sites (tertiary alicyclic amines) is 1. The Hall–Kier alpha value is -2.07. The molecule has 138 valence electrons. The summed E-state index contributed by atoms with van der Waals surface area (Å²) in [5, 5.41) is 3.19. The third-order valence-corrected chi connectivity index (χ3v) is 5.67. The number of nitrogens with one attached hydrogen (secondary N) is 1. The zero-order chi connectivity index (χ0) is 17.8. The SMILES string of the molecule is O=C(NCC1CCCN(CCc2ccccc2)C1)c1cccn1C1CC1. The zero-order valence-corrected chi connectivity index (χ0v) is 15.4. The molecule has 2 aromatic rings. The van der Waals surface area contributed by atoms with E-state index in [9.17, 15) is 4.79 Å². The summed E-state index contributed by atoms with van der Waals surface area (Å²) in [7, 11) is 0. The number of amides is 1. The van der Waals surface area contributed by atoms with Crippen LogP contribution in [0.25, 0.3) is 0 Å². The molecule has 1 saturated carbocycles. The predicted molar refractivity (Wildman–Crippen MR) is 104 cm³/mol. The normalized spacial score (nSPS) is 20.8. The van der Waals surface area contributed by atoms with Crippen molar-refractivity contribution in [3.05, 3.63) is 59.9 Å². The van der Waals surface area contributed by atoms with Gasteiger partial charge in [-0.05, 0) is 62.3 Å². The van der Waals surface area contributed by atoms with Gasteiger partial charge >= 0.3 is 0 Å². The van der Waals surface area contributed by atoms with E-state index < -0.39 is 0 Å². The van der Waals surface area contributed by atoms with Crippen molar-refractivity contribution in [1.82, 2.24) is 14.8 Å². The standard InChI is InChI=1S/C22H29N3O/c26-22(21-9-5-14-25(21)20-10-11-20)23-16-19-8-4-13-24(17-19)15-12-18-6-2-1-3-7-18/h1-3,5-7,9,14,19-20H,4,8,10-13,15-17H2,(H,23,26). The average Bonchev–Trinajstić information content (AvgIpc) is 3.42. The van der Waals surface area contributed by atoms with E-state index in [4.69, 9.17) is 0 Å². The molecule has 1 N–H and O–H groups in total. The van der Waals surface area contributed by atoms with Gasteiger partial charge in [-0.1, -0.05) is 30.3 Å². The van der Waals surface area contributed by atoms with E-state index in [1.54, 1.807) is 0 Å². The molecule has 4 rings (SSSR count). The van der Waals surface area contributed by atoms with Crippen molar-refractivity contribution >= 4 is 5.91 Å². The van der Waals surface area contributed by atoms with Crippen molar-refractivity contribution in [1.29, 1.82) is 0 Å². The Bertz CT molecular complexity index is 720. The fraction of sp³-hybridized carbons (Fsp3) is 0.500. The fourth-order valence-corrected chi connectivity index (χ4v) is 4.04. The molecule has 0 bridgehead atoms. The summed E-state index contributed by atoms with van der Waals surface area (Å²) in [4.78, 5) is 15.1. The first-order valence-electron chi connectivity index (χ1n) is 10.0. The number of carbonyl (C=O) groups is 1. The number of rotatable bonds is 7. The second kappa shape index (κ2) is 8.09. The van der Waals surface area contributed by atoms with Crippen LogP contribution in [-0.2, 0) is 6.42 Å². The molecule has 1 aromatic heterocycles. The quantitative estimate of drug-likeness (QED) is 0.829. The summed E-state index contributed by atoms with van der Waals surface area (Å²) in [6.07, 6.45) is 7.99. The van der Waals surface area contributed by atoms with E-state index in [1.807, 2.05) is 18.3 Å². The topological polar surface area (TPSA) is 37.3 Å². The van der Waals surface area contributed by atoms with Crippen molar-refractivity contribution in [3.63, 3.8) is 0 Å². The van der Waals surface area contributed by atoms with E-state index in [-0.39, 0.29) is 5.91 Å². The van der Waals surface area contributed by atoms with Crippen LogP contribution in [0.4, 0.5) is 0 Å². The second-order valence-corrected chi connectivity index (χ2v) is 7.79. The van der Waals surface area contributed by atoms with Gasteiger partial charge in [0, 0.05) is 31.9 Å². The van der Waals surface area contributed by atoms with Gasteiger partial charge in [0.25, 0.3) is 5.91 Å². The van der Waals surface area contributed by atoms with Crippen LogP contribution in [0, 0.1) is 5.92 Å². The van der Waals surface area contributed by atoms with Crippen LogP contribution < -0.4 is 5.32 Å². The maximum absolute atomic E-state index is 12.5. The molecule has 1 aliphatic heterocycles. The molecule has 2 aliphatic rings. The number of nitrogens with zero attached hydrogens (tertiary/aromatic N) is 2. The summed E-state index contributed by atoms with van der Waals surface area (Å²) in [6.45, 7) is 4.17. The number of aromatic nitrogens is 1. The number of hydrogen-bond acceptors (Lipinski definition) is 2. The monoisotopic (exact) mass is 351 g/mol. The molecule has 1 unspecified atom stereocenters. The highest BCUT2D eigenvalue weighted by molar-refractivity contribution is 5.92. The van der Waals surface area contributed by atoms with Crippen LogP contribution in [0.1, 0.15) is 47.8 Å². The predicted octanol–water partition coefficient (Wildman–Crippen LogP) is 3.51. The molecule has 4 heteroatoms. The Balaban J connectivity index is 1.24. The van der Waals surface area contributed by atoms with Gasteiger partial charge in [0.2, 0.25) is 0 Å². The van der Waals surface area contributed by atoms with Gasteiger partial charge in [-0.3, -0.25) is 4.79 Å². The number of piperidine rings is 1. The third-order valence-electron chi connectivity index (χ3n) is 5.67. The van der Waals surface area contributed by atoms with Crippen LogP contribution in [0.15, 0.2) is 48.7 Å². The Kier molecular flexibility index (Phi) is 5.40. The second-order valence-electron chi connectivity index (χ2n) is 7.79. The van der Waals surface area contributed by atoms with Crippen molar-refractivity contribution in [3.8, 4) is 0 Å². The lowest BCUT2D eigenvalue weighted by Crippen LogP contribution is -2.41. The van der Waals surface area contributed by atoms with Crippen LogP contribution in [-0.4, -0.2) is 41.6 Å². The largest absolute Gasteiger partial charge is 0.350 e. The van der Waals surface area contributed by atoms with Gasteiger partial charge in [0.15, 0.2) is 0 Å². The number of benzene rings is 1. The summed E-state index contributed by atoms with van der Waals surface area (Å²) in [5.74, 6) is 0.649. The molecular formula is C22H29N3O. The van der Waals surface area contributed by atoms with E-state index in [2.05, 4.69) is 45.1 Å². The summed E-state index contributed by atoms with van der Waals surface area (Å²) in [5.41, 5.74) is 2.23. The third kappa shape index (κ3) is 4.36. The van der Waals surface area contributed by atoms with E-state index in [0.29, 0.717) is 12.0 Å². The molecular weight excluding hydrogens is 322 g/mol. The minimum atomic E-state index is 0.0864. The summed E-state index contributed by atoms with van der Waals surface area (Å²) in [6, 6.07) is 15.2. The van der Waals surface area contributed by atoms with E-state index in [1.165, 1.54) is 37.8 Å². The lowest BCUT2D eigenvalue weighted by Gasteiger charge is -2.32. The number of hydrogen-bond donors (Lipinski definition) is 1. The van der Waals surface area contributed by atoms with Crippen molar-refractivity contribution in [2.75, 3.05) is 26.2 Å². The zero-order valence-electron chi connectivity index (χ0n) is 15.4. The number of carbonyl (C=O) groups excluding carboxylic acids is 1. The van der Waals surface area contributed by atoms with Gasteiger partial charge in [-0.25, -0.2) is 0 Å². The molecule has 1 amide bonds. The first-order chi connectivity index (χ1) is 12.8. The Morgan fingerprint density at radius 3 is 2.73 bits per heavy atom. The first kappa shape index (κ1) is 17.3. The van der Waals surface area contributed by atoms with Gasteiger partial charge in [0.1, 0.15) is 5.69 Å². The van der Waals surface area contributed by atoms with Crippen LogP contribution >= 0.6 is 0 Å². The Morgan fingerprint density at radius 1 is 1.08 bits per heavy atom.